The summed E-state index contributed by atoms with van der Waals surface area (Å²) < 4.78 is 56.3. The molecule has 0 amide bonds. The molecule has 0 aromatic carbocycles. The van der Waals surface area contributed by atoms with Gasteiger partial charge in [-0.3, -0.25) is 0 Å². The first-order chi connectivity index (χ1) is 43.7. The van der Waals surface area contributed by atoms with Crippen LogP contribution in [0.5, 0.6) is 0 Å². The van der Waals surface area contributed by atoms with Gasteiger partial charge in [0.2, 0.25) is 0 Å². The van der Waals surface area contributed by atoms with Crippen LogP contribution in [-0.4, -0.2) is 202 Å². The highest BCUT2D eigenvalue weighted by atomic mass is 16.7. The second kappa shape index (κ2) is 57.2. The van der Waals surface area contributed by atoms with Gasteiger partial charge in [-0.25, -0.2) is 9.78 Å². The van der Waals surface area contributed by atoms with E-state index in [1.807, 2.05) is 95.6 Å². The molecule has 6 atom stereocenters. The number of aromatic nitrogens is 3. The molecule has 2 aromatic heterocycles. The molecule has 6 N–H and O–H groups in total. The second-order valence-corrected chi connectivity index (χ2v) is 28.6. The van der Waals surface area contributed by atoms with Crippen molar-refractivity contribution in [1.29, 1.82) is 0 Å². The predicted octanol–water partition coefficient (Wildman–Crippen LogP) is 13.9. The van der Waals surface area contributed by atoms with Crippen molar-refractivity contribution >= 4 is 5.97 Å². The van der Waals surface area contributed by atoms with E-state index in [0.717, 1.165) is 63.9 Å². The topological polar surface area (TPSA) is 253 Å². The number of imidazole rings is 1. The van der Waals surface area contributed by atoms with Gasteiger partial charge < -0.3 is 87.1 Å². The molecule has 94 heavy (non-hydrogen) atoms. The number of esters is 1. The average molecular weight is 1350 g/mol. The van der Waals surface area contributed by atoms with Gasteiger partial charge in [-0.05, 0) is 247 Å². The summed E-state index contributed by atoms with van der Waals surface area (Å²) >= 11 is 0. The van der Waals surface area contributed by atoms with Crippen molar-refractivity contribution in [3.05, 3.63) is 42.2 Å². The van der Waals surface area contributed by atoms with E-state index in [0.29, 0.717) is 56.6 Å². The molecule has 7 rings (SSSR count). The van der Waals surface area contributed by atoms with Crippen LogP contribution in [0.4, 0.5) is 0 Å². The number of carbonyl (C=O) groups excluding carboxylic acids is 1. The van der Waals surface area contributed by atoms with Crippen LogP contribution in [0.1, 0.15) is 266 Å². The van der Waals surface area contributed by atoms with Crippen molar-refractivity contribution in [1.82, 2.24) is 14.1 Å². The molecule has 0 bridgehead atoms. The van der Waals surface area contributed by atoms with Gasteiger partial charge in [-0.1, -0.05) is 33.6 Å². The molecular weight excluding hydrogens is 1200 g/mol. The zero-order valence-electron chi connectivity index (χ0n) is 64.9. The Bertz CT molecular complexity index is 1940. The lowest BCUT2D eigenvalue weighted by Crippen LogP contribution is -2.38. The minimum atomic E-state index is -0.830. The first kappa shape index (κ1) is 97.7. The lowest BCUT2D eigenvalue weighted by molar-refractivity contribution is -0.169. The van der Waals surface area contributed by atoms with E-state index < -0.39 is 11.4 Å². The van der Waals surface area contributed by atoms with Gasteiger partial charge in [-0.15, -0.1) is 0 Å². The SMILES string of the molecule is CC(C)CCO.CC(C)OC1CCCC1O.CC(C)OCCO.CC(C)n1ccnc1.CC1(C)OCC(CO)O1.CC1CCC(OC(C)C)C1.COC(=O)C(C)(C)OC(C)C.COC(C)(C)COC(C)C.Cc1ccc(C)n1C(C)C.OC1CCCC1.OCC1CCCO1. The lowest BCUT2D eigenvalue weighted by atomic mass is 10.1. The number of hydrogen-bond acceptors (Lipinski definition) is 18. The number of aryl methyl sites for hydroxylation is 2. The van der Waals surface area contributed by atoms with Gasteiger partial charge in [-0.2, -0.15) is 0 Å². The highest BCUT2D eigenvalue weighted by Gasteiger charge is 2.32. The zero-order chi connectivity index (χ0) is 73.2. The summed E-state index contributed by atoms with van der Waals surface area (Å²) in [5.74, 6) is 0.706. The molecule has 20 nitrogen and oxygen atoms in total. The smallest absolute Gasteiger partial charge is 0.337 e. The van der Waals surface area contributed by atoms with Gasteiger partial charge in [0.15, 0.2) is 11.4 Å². The van der Waals surface area contributed by atoms with Gasteiger partial charge in [0.25, 0.3) is 0 Å². The largest absolute Gasteiger partial charge is 0.467 e. The highest BCUT2D eigenvalue weighted by Crippen LogP contribution is 2.28. The summed E-state index contributed by atoms with van der Waals surface area (Å²) in [7, 11) is 3.05. The van der Waals surface area contributed by atoms with Crippen molar-refractivity contribution in [2.45, 2.75) is 353 Å². The van der Waals surface area contributed by atoms with E-state index in [4.69, 9.17) is 68.2 Å². The molecule has 6 unspecified atom stereocenters. The van der Waals surface area contributed by atoms with Gasteiger partial charge >= 0.3 is 5.97 Å². The monoisotopic (exact) mass is 1350 g/mol. The first-order valence-electron chi connectivity index (χ1n) is 35.4. The van der Waals surface area contributed by atoms with Crippen LogP contribution < -0.4 is 0 Å². The molecule has 0 radical (unpaired) electrons. The van der Waals surface area contributed by atoms with Crippen LogP contribution in [0.25, 0.3) is 0 Å². The van der Waals surface area contributed by atoms with Gasteiger partial charge in [0.1, 0.15) is 6.10 Å². The standard InChI is InChI=1S/C9H15N.C9H18O.C8H16O3.C8H16O2.C8H18O2.C6H10N2.C6H12O3.C5H10O2.C5H12O2.C5H10O.C5H12O/c1-7(2)10-8(3)5-6-9(10)4;1-7(2)10-9-5-4-8(3)6-9;1-6(2)11-8(3,4)7(9)10-5;1-6(2)10-8-5-3-4-7(8)9;1-7(2)10-6-8(3,4)9-5;1-6(2)8-4-3-7-5-8;1-6(2)8-4-5(3-7)9-6;6-4-5-2-1-3-7-5;1-5(2)7-4-3-6;6-5-3-1-2-4-5;1-5(2)3-4-6/h5-7H,1-4H3;7-9H,4-6H2,1-3H3;6H,1-5H3;6-9H,3-5H2,1-2H3;7H,6H2,1-5H3;3-6H,1-2H3;5,7H,3-4H2,1-2H3;5-6H,1-4H2;5-6H,3-4H2,1-2H3;5-6H,1-4H2;5-6H,3-4H2,1-2H3. The van der Waals surface area contributed by atoms with Crippen LogP contribution in [0.2, 0.25) is 0 Å². The van der Waals surface area contributed by atoms with Crippen LogP contribution >= 0.6 is 0 Å². The average Bonchev–Trinajstić information content (AvgIpc) is 1.76. The molecule has 3 saturated carbocycles. The van der Waals surface area contributed by atoms with Crippen LogP contribution in [0.3, 0.4) is 0 Å². The van der Waals surface area contributed by atoms with E-state index in [1.54, 1.807) is 27.2 Å². The number of aliphatic hydroxyl groups is 6. The van der Waals surface area contributed by atoms with Crippen molar-refractivity contribution in [3.8, 4) is 0 Å². The molecule has 2 aromatic rings. The third-order valence-corrected chi connectivity index (χ3v) is 14.5. The quantitative estimate of drug-likeness (QED) is 0.0674. The highest BCUT2D eigenvalue weighted by molar-refractivity contribution is 5.78. The third kappa shape index (κ3) is 57.3. The number of rotatable bonds is 20. The number of aliphatic hydroxyl groups excluding tert-OH is 6. The van der Waals surface area contributed by atoms with Crippen LogP contribution in [0, 0.1) is 25.7 Å². The third-order valence-electron chi connectivity index (χ3n) is 14.5. The van der Waals surface area contributed by atoms with Crippen LogP contribution in [-0.2, 0) is 52.2 Å². The predicted molar refractivity (Wildman–Crippen MR) is 382 cm³/mol. The van der Waals surface area contributed by atoms with E-state index in [-0.39, 0.29) is 86.3 Å². The Morgan fingerprint density at radius 2 is 1.24 bits per heavy atom. The van der Waals surface area contributed by atoms with Crippen LogP contribution in [0.15, 0.2) is 30.9 Å². The molecule has 20 heteroatoms. The van der Waals surface area contributed by atoms with E-state index in [9.17, 15) is 9.90 Å². The lowest BCUT2D eigenvalue weighted by Gasteiger charge is -2.24. The molecule has 4 heterocycles. The summed E-state index contributed by atoms with van der Waals surface area (Å²) in [5, 5.41) is 51.5. The fourth-order valence-electron chi connectivity index (χ4n) is 9.55. The molecule has 3 aliphatic carbocycles. The molecule has 5 fully saturated rings. The molecule has 2 aliphatic heterocycles. The Morgan fingerprint density at radius 3 is 1.50 bits per heavy atom. The minimum Gasteiger partial charge on any atom is -0.467 e. The first-order valence-corrected chi connectivity index (χ1v) is 35.4. The second-order valence-electron chi connectivity index (χ2n) is 28.6. The number of nitrogens with zero attached hydrogens (tertiary/aromatic N) is 3. The Labute approximate surface area is 574 Å². The summed E-state index contributed by atoms with van der Waals surface area (Å²) in [6, 6.07) is 5.46. The number of hydrogen-bond donors (Lipinski definition) is 6. The van der Waals surface area contributed by atoms with E-state index in [1.165, 1.54) is 50.6 Å². The number of carbonyl (C=O) groups is 1. The van der Waals surface area contributed by atoms with E-state index >= 15 is 0 Å². The van der Waals surface area contributed by atoms with Crippen molar-refractivity contribution in [3.63, 3.8) is 0 Å². The molecule has 562 valence electrons. The Kier molecular flexibility index (Phi) is 59.4. The number of ether oxygens (including phenoxy) is 10. The minimum absolute atomic E-state index is 0.0316. The molecule has 2 saturated heterocycles. The maximum absolute atomic E-state index is 11.0. The number of methoxy groups -OCH3 is 2. The Hall–Kier alpha value is -2.64. The molecular formula is C74H149N3O17. The summed E-state index contributed by atoms with van der Waals surface area (Å²) in [6.07, 6.45) is 21.9. The molecule has 0 spiro atoms. The molecule has 5 aliphatic rings. The van der Waals surface area contributed by atoms with Crippen molar-refractivity contribution in [2.24, 2.45) is 11.8 Å². The Morgan fingerprint density at radius 1 is 0.681 bits per heavy atom. The summed E-state index contributed by atoms with van der Waals surface area (Å²) in [4.78, 5) is 14.9. The fourth-order valence-corrected chi connectivity index (χ4v) is 9.55. The fraction of sp³-hybridized carbons (Fsp3) is 0.892. The Balaban J connectivity index is -0.000000476. The van der Waals surface area contributed by atoms with Crippen molar-refractivity contribution in [2.75, 3.05) is 67.1 Å². The maximum Gasteiger partial charge on any atom is 0.337 e. The van der Waals surface area contributed by atoms with E-state index in [2.05, 4.69) is 107 Å². The maximum atomic E-state index is 11.0. The summed E-state index contributed by atoms with van der Waals surface area (Å²) in [5.41, 5.74) is 1.73. The van der Waals surface area contributed by atoms with Crippen molar-refractivity contribution < 1.29 is 82.8 Å². The summed E-state index contributed by atoms with van der Waals surface area (Å²) in [6.45, 7) is 53.6. The normalized spacial score (nSPS) is 20.4. The zero-order valence-corrected chi connectivity index (χ0v) is 64.9. The van der Waals surface area contributed by atoms with Gasteiger partial charge in [0, 0.05) is 56.2 Å². The van der Waals surface area contributed by atoms with Gasteiger partial charge in [0.05, 0.1) is 120 Å².